The molecule has 0 aliphatic carbocycles. The molecule has 0 spiro atoms. The third-order valence-corrected chi connectivity index (χ3v) is 6.30. The van der Waals surface area contributed by atoms with E-state index in [0.717, 1.165) is 31.8 Å². The Morgan fingerprint density at radius 2 is 2.09 bits per heavy atom. The molecule has 0 fully saturated rings. The molecule has 1 aromatic carbocycles. The number of primary amides is 1. The lowest BCUT2D eigenvalue weighted by Crippen LogP contribution is -2.39. The van der Waals surface area contributed by atoms with E-state index in [1.54, 1.807) is 23.0 Å². The van der Waals surface area contributed by atoms with E-state index in [2.05, 4.69) is 27.5 Å². The Morgan fingerprint density at radius 3 is 2.78 bits per heavy atom. The van der Waals surface area contributed by atoms with Crippen molar-refractivity contribution in [2.24, 2.45) is 5.73 Å². The van der Waals surface area contributed by atoms with Crippen LogP contribution in [-0.4, -0.2) is 44.7 Å². The van der Waals surface area contributed by atoms with Gasteiger partial charge in [-0.1, -0.05) is 6.07 Å². The first-order chi connectivity index (χ1) is 15.3. The van der Waals surface area contributed by atoms with Crippen molar-refractivity contribution in [1.82, 2.24) is 19.9 Å². The van der Waals surface area contributed by atoms with Gasteiger partial charge in [-0.3, -0.25) is 14.9 Å². The molecule has 0 saturated carbocycles. The maximum Gasteiger partial charge on any atom is 0.321 e. The summed E-state index contributed by atoms with van der Waals surface area (Å²) in [5.74, 6) is -0.770. The van der Waals surface area contributed by atoms with Crippen molar-refractivity contribution in [3.05, 3.63) is 41.9 Å². The summed E-state index contributed by atoms with van der Waals surface area (Å²) in [6.45, 7) is 2.14. The SMILES string of the molecule is COc1cc(C)cc2cc(-c3cc(CN[C@@H](CC(N)=O)C(=O)O)n4ncnc(N)c34)sc12. The molecule has 1 amide bonds. The Labute approximate surface area is 186 Å². The van der Waals surface area contributed by atoms with Crippen LogP contribution in [0.2, 0.25) is 0 Å². The summed E-state index contributed by atoms with van der Waals surface area (Å²) in [4.78, 5) is 27.7. The molecule has 3 aromatic heterocycles. The smallest absolute Gasteiger partial charge is 0.321 e. The summed E-state index contributed by atoms with van der Waals surface area (Å²) in [5.41, 5.74) is 14.5. The van der Waals surface area contributed by atoms with Crippen LogP contribution < -0.4 is 21.5 Å². The van der Waals surface area contributed by atoms with E-state index < -0.39 is 17.9 Å². The zero-order chi connectivity index (χ0) is 23.0. The van der Waals surface area contributed by atoms with E-state index in [4.69, 9.17) is 16.2 Å². The molecule has 0 bridgehead atoms. The second-order valence-corrected chi connectivity index (χ2v) is 8.45. The van der Waals surface area contributed by atoms with E-state index in [1.807, 2.05) is 19.1 Å². The molecule has 4 aromatic rings. The zero-order valence-corrected chi connectivity index (χ0v) is 18.3. The van der Waals surface area contributed by atoms with Crippen LogP contribution in [0.3, 0.4) is 0 Å². The molecule has 3 heterocycles. The predicted octanol–water partition coefficient (Wildman–Crippen LogP) is 1.93. The van der Waals surface area contributed by atoms with Gasteiger partial charge in [-0.05, 0) is 36.1 Å². The van der Waals surface area contributed by atoms with Crippen molar-refractivity contribution in [2.75, 3.05) is 12.8 Å². The number of nitrogens with zero attached hydrogens (tertiary/aromatic N) is 3. The monoisotopic (exact) mass is 454 g/mol. The van der Waals surface area contributed by atoms with Crippen molar-refractivity contribution in [3.8, 4) is 16.2 Å². The van der Waals surface area contributed by atoms with E-state index >= 15 is 0 Å². The largest absolute Gasteiger partial charge is 0.495 e. The Hall–Kier alpha value is -3.70. The maximum absolute atomic E-state index is 11.5. The molecule has 32 heavy (non-hydrogen) atoms. The van der Waals surface area contributed by atoms with Gasteiger partial charge in [-0.2, -0.15) is 5.10 Å². The maximum atomic E-state index is 11.5. The molecular weight excluding hydrogens is 432 g/mol. The number of hydrogen-bond acceptors (Lipinski definition) is 8. The van der Waals surface area contributed by atoms with Crippen molar-refractivity contribution in [1.29, 1.82) is 0 Å². The number of anilines is 1. The fraction of sp³-hybridized carbons (Fsp3) is 0.238. The number of nitrogen functional groups attached to an aromatic ring is 1. The first-order valence-corrected chi connectivity index (χ1v) is 10.5. The summed E-state index contributed by atoms with van der Waals surface area (Å²) < 4.78 is 8.18. The van der Waals surface area contributed by atoms with Crippen LogP contribution in [0.15, 0.2) is 30.6 Å². The van der Waals surface area contributed by atoms with E-state index in [1.165, 1.54) is 6.33 Å². The number of thiophene rings is 1. The van der Waals surface area contributed by atoms with Crippen LogP contribution in [0.4, 0.5) is 5.82 Å². The van der Waals surface area contributed by atoms with Gasteiger partial charge in [-0.15, -0.1) is 11.3 Å². The van der Waals surface area contributed by atoms with Crippen molar-refractivity contribution >= 4 is 44.6 Å². The number of carbonyl (C=O) groups excluding carboxylic acids is 1. The van der Waals surface area contributed by atoms with Gasteiger partial charge in [0.1, 0.15) is 23.6 Å². The van der Waals surface area contributed by atoms with Crippen LogP contribution in [0, 0.1) is 6.92 Å². The standard InChI is InChI=1S/C21H22N6O4S/c1-10-3-11-5-16(32-19(11)15(4-10)31-2)13-6-12(27-18(13)20(23)25-9-26-27)8-24-14(21(29)30)7-17(22)28/h3-6,9,14,24H,7-8H2,1-2H3,(H2,22,28)(H,29,30)(H2,23,25,26)/t14-/m0/s1. The molecule has 11 heteroatoms. The Morgan fingerprint density at radius 1 is 1.31 bits per heavy atom. The molecule has 0 unspecified atom stereocenters. The predicted molar refractivity (Wildman–Crippen MR) is 122 cm³/mol. The molecule has 166 valence electrons. The fourth-order valence-corrected chi connectivity index (χ4v) is 4.82. The molecule has 10 nitrogen and oxygen atoms in total. The topological polar surface area (TPSA) is 158 Å². The van der Waals surface area contributed by atoms with Gasteiger partial charge in [0.15, 0.2) is 5.82 Å². The highest BCUT2D eigenvalue weighted by molar-refractivity contribution is 7.22. The molecule has 0 aliphatic heterocycles. The van der Waals surface area contributed by atoms with Gasteiger partial charge in [0.25, 0.3) is 0 Å². The molecule has 1 atom stereocenters. The van der Waals surface area contributed by atoms with Crippen LogP contribution in [0.5, 0.6) is 5.75 Å². The minimum absolute atomic E-state index is 0.134. The average Bonchev–Trinajstić information content (AvgIpc) is 3.32. The van der Waals surface area contributed by atoms with E-state index in [0.29, 0.717) is 17.0 Å². The number of carboxylic acid groups (broad SMARTS) is 1. The van der Waals surface area contributed by atoms with Crippen molar-refractivity contribution in [2.45, 2.75) is 25.9 Å². The summed E-state index contributed by atoms with van der Waals surface area (Å²) >= 11 is 1.56. The number of benzene rings is 1. The number of fused-ring (bicyclic) bond motifs is 2. The van der Waals surface area contributed by atoms with Gasteiger partial charge in [0, 0.05) is 17.0 Å². The number of rotatable bonds is 8. The number of aromatic nitrogens is 3. The minimum atomic E-state index is -1.16. The van der Waals surface area contributed by atoms with E-state index in [-0.39, 0.29) is 13.0 Å². The summed E-state index contributed by atoms with van der Waals surface area (Å²) in [5, 5.41) is 17.6. The highest BCUT2D eigenvalue weighted by atomic mass is 32.1. The number of carboxylic acids is 1. The Balaban J connectivity index is 1.79. The number of hydrogen-bond donors (Lipinski definition) is 4. The number of aryl methyl sites for hydroxylation is 1. The highest BCUT2D eigenvalue weighted by Gasteiger charge is 2.22. The Bertz CT molecular complexity index is 1350. The quantitative estimate of drug-likeness (QED) is 0.314. The van der Waals surface area contributed by atoms with Crippen LogP contribution in [0.1, 0.15) is 17.7 Å². The third kappa shape index (κ3) is 3.95. The number of nitrogens with two attached hydrogens (primary N) is 2. The van der Waals surface area contributed by atoms with E-state index in [9.17, 15) is 14.7 Å². The highest BCUT2D eigenvalue weighted by Crippen LogP contribution is 2.42. The molecule has 0 saturated heterocycles. The lowest BCUT2D eigenvalue weighted by atomic mass is 10.1. The molecule has 0 radical (unpaired) electrons. The minimum Gasteiger partial charge on any atom is -0.495 e. The molecule has 6 N–H and O–H groups in total. The Kier molecular flexibility index (Phi) is 5.68. The van der Waals surface area contributed by atoms with Gasteiger partial charge in [0.05, 0.1) is 23.9 Å². The van der Waals surface area contributed by atoms with Gasteiger partial charge in [0.2, 0.25) is 5.91 Å². The van der Waals surface area contributed by atoms with Crippen LogP contribution in [0.25, 0.3) is 26.0 Å². The van der Waals surface area contributed by atoms with Gasteiger partial charge in [-0.25, -0.2) is 9.50 Å². The number of aliphatic carboxylic acids is 1. The average molecular weight is 455 g/mol. The molecule has 0 aliphatic rings. The summed E-state index contributed by atoms with van der Waals surface area (Å²) in [6.07, 6.45) is 1.02. The number of nitrogens with one attached hydrogen (secondary N) is 1. The lowest BCUT2D eigenvalue weighted by molar-refractivity contribution is -0.141. The van der Waals surface area contributed by atoms with Crippen LogP contribution in [-0.2, 0) is 16.1 Å². The summed E-state index contributed by atoms with van der Waals surface area (Å²) in [6, 6.07) is 6.90. The van der Waals surface area contributed by atoms with Gasteiger partial charge >= 0.3 is 5.97 Å². The second kappa shape index (κ2) is 8.44. The first kappa shape index (κ1) is 21.5. The normalized spacial score (nSPS) is 12.3. The molecule has 4 rings (SSSR count). The number of ether oxygens (including phenoxy) is 1. The number of amides is 1. The second-order valence-electron chi connectivity index (χ2n) is 7.39. The zero-order valence-electron chi connectivity index (χ0n) is 17.5. The van der Waals surface area contributed by atoms with Crippen molar-refractivity contribution < 1.29 is 19.4 Å². The first-order valence-electron chi connectivity index (χ1n) is 9.72. The fourth-order valence-electron chi connectivity index (χ4n) is 3.67. The number of carbonyl (C=O) groups is 2. The third-order valence-electron chi connectivity index (χ3n) is 5.10. The van der Waals surface area contributed by atoms with Gasteiger partial charge < -0.3 is 21.3 Å². The number of methoxy groups -OCH3 is 1. The lowest BCUT2D eigenvalue weighted by Gasteiger charge is -2.12. The van der Waals surface area contributed by atoms with Crippen LogP contribution >= 0.6 is 11.3 Å². The summed E-state index contributed by atoms with van der Waals surface area (Å²) in [7, 11) is 1.64. The molecular formula is C21H22N6O4S. The van der Waals surface area contributed by atoms with Crippen molar-refractivity contribution in [3.63, 3.8) is 0 Å².